The summed E-state index contributed by atoms with van der Waals surface area (Å²) in [6.45, 7) is 5.89. The molecule has 1 amide bonds. The van der Waals surface area contributed by atoms with E-state index in [0.29, 0.717) is 19.6 Å². The zero-order chi connectivity index (χ0) is 14.1. The lowest BCUT2D eigenvalue weighted by molar-refractivity contribution is -0.120. The van der Waals surface area contributed by atoms with E-state index < -0.39 is 0 Å². The van der Waals surface area contributed by atoms with Gasteiger partial charge < -0.3 is 15.7 Å². The van der Waals surface area contributed by atoms with Gasteiger partial charge in [0, 0.05) is 19.7 Å². The molecule has 106 valence electrons. The molecule has 0 radical (unpaired) electrons. The Labute approximate surface area is 115 Å². The van der Waals surface area contributed by atoms with Crippen molar-refractivity contribution in [2.24, 2.45) is 5.41 Å². The van der Waals surface area contributed by atoms with Crippen molar-refractivity contribution < 1.29 is 9.90 Å². The van der Waals surface area contributed by atoms with Crippen molar-refractivity contribution in [3.63, 3.8) is 0 Å². The summed E-state index contributed by atoms with van der Waals surface area (Å²) in [5.41, 5.74) is 1.10. The highest BCUT2D eigenvalue weighted by Crippen LogP contribution is 2.17. The van der Waals surface area contributed by atoms with E-state index in [4.69, 9.17) is 5.11 Å². The molecule has 4 heteroatoms. The van der Waals surface area contributed by atoms with Crippen molar-refractivity contribution in [3.8, 4) is 0 Å². The zero-order valence-electron chi connectivity index (χ0n) is 11.8. The summed E-state index contributed by atoms with van der Waals surface area (Å²) in [6.07, 6.45) is 0.728. The van der Waals surface area contributed by atoms with Crippen molar-refractivity contribution in [3.05, 3.63) is 35.9 Å². The third kappa shape index (κ3) is 6.94. The van der Waals surface area contributed by atoms with Crippen LogP contribution in [0.15, 0.2) is 30.3 Å². The summed E-state index contributed by atoms with van der Waals surface area (Å²) < 4.78 is 0. The minimum absolute atomic E-state index is 0.00839. The van der Waals surface area contributed by atoms with Crippen LogP contribution in [0, 0.1) is 5.41 Å². The SMILES string of the molecule is CC(C)(CCO)CNCC(=O)NCc1ccccc1. The number of hydrogen-bond acceptors (Lipinski definition) is 3. The van der Waals surface area contributed by atoms with Crippen molar-refractivity contribution >= 4 is 5.91 Å². The Morgan fingerprint density at radius 1 is 1.26 bits per heavy atom. The lowest BCUT2D eigenvalue weighted by Crippen LogP contribution is -2.38. The van der Waals surface area contributed by atoms with Crippen LogP contribution in [0.3, 0.4) is 0 Å². The van der Waals surface area contributed by atoms with Gasteiger partial charge in [-0.3, -0.25) is 4.79 Å². The summed E-state index contributed by atoms with van der Waals surface area (Å²) in [5.74, 6) is -0.0105. The molecular formula is C15H24N2O2. The molecular weight excluding hydrogens is 240 g/mol. The lowest BCUT2D eigenvalue weighted by atomic mass is 9.90. The molecule has 0 spiro atoms. The second kappa shape index (κ2) is 7.92. The molecule has 0 heterocycles. The molecule has 0 fully saturated rings. The molecule has 0 aliphatic carbocycles. The van der Waals surface area contributed by atoms with Crippen molar-refractivity contribution in [2.75, 3.05) is 19.7 Å². The maximum atomic E-state index is 11.6. The Morgan fingerprint density at radius 2 is 1.95 bits per heavy atom. The molecule has 3 N–H and O–H groups in total. The van der Waals surface area contributed by atoms with Crippen LogP contribution in [-0.2, 0) is 11.3 Å². The topological polar surface area (TPSA) is 61.4 Å². The molecule has 0 atom stereocenters. The van der Waals surface area contributed by atoms with E-state index in [0.717, 1.165) is 12.0 Å². The van der Waals surface area contributed by atoms with Gasteiger partial charge in [0.15, 0.2) is 0 Å². The molecule has 0 bridgehead atoms. The molecule has 1 rings (SSSR count). The van der Waals surface area contributed by atoms with Crippen LogP contribution in [0.25, 0.3) is 0 Å². The van der Waals surface area contributed by atoms with Gasteiger partial charge in [-0.05, 0) is 17.4 Å². The fraction of sp³-hybridized carbons (Fsp3) is 0.533. The van der Waals surface area contributed by atoms with Gasteiger partial charge in [0.25, 0.3) is 0 Å². The average Bonchev–Trinajstić information content (AvgIpc) is 2.37. The molecule has 0 saturated heterocycles. The Morgan fingerprint density at radius 3 is 2.58 bits per heavy atom. The highest BCUT2D eigenvalue weighted by Gasteiger charge is 2.16. The Hall–Kier alpha value is -1.39. The Kier molecular flexibility index (Phi) is 6.53. The van der Waals surface area contributed by atoms with E-state index in [-0.39, 0.29) is 17.9 Å². The normalized spacial score (nSPS) is 11.3. The monoisotopic (exact) mass is 264 g/mol. The second-order valence-electron chi connectivity index (χ2n) is 5.50. The number of benzene rings is 1. The van der Waals surface area contributed by atoms with Crippen molar-refractivity contribution in [2.45, 2.75) is 26.8 Å². The number of carbonyl (C=O) groups is 1. The molecule has 0 saturated carbocycles. The fourth-order valence-corrected chi connectivity index (χ4v) is 1.76. The second-order valence-corrected chi connectivity index (χ2v) is 5.50. The van der Waals surface area contributed by atoms with Crippen molar-refractivity contribution in [1.29, 1.82) is 0 Å². The number of aliphatic hydroxyl groups is 1. The number of hydrogen-bond donors (Lipinski definition) is 3. The minimum atomic E-state index is -0.0105. The first-order chi connectivity index (χ1) is 9.03. The van der Waals surface area contributed by atoms with Gasteiger partial charge in [-0.25, -0.2) is 0 Å². The molecule has 4 nitrogen and oxygen atoms in total. The van der Waals surface area contributed by atoms with Crippen LogP contribution >= 0.6 is 0 Å². The number of aliphatic hydroxyl groups excluding tert-OH is 1. The maximum Gasteiger partial charge on any atom is 0.234 e. The number of nitrogens with one attached hydrogen (secondary N) is 2. The van der Waals surface area contributed by atoms with Crippen molar-refractivity contribution in [1.82, 2.24) is 10.6 Å². The van der Waals surface area contributed by atoms with Gasteiger partial charge in [-0.2, -0.15) is 0 Å². The molecule has 1 aromatic rings. The summed E-state index contributed by atoms with van der Waals surface area (Å²) in [5, 5.41) is 14.9. The van der Waals surface area contributed by atoms with E-state index >= 15 is 0 Å². The molecule has 0 aromatic heterocycles. The van der Waals surface area contributed by atoms with E-state index in [1.807, 2.05) is 30.3 Å². The van der Waals surface area contributed by atoms with E-state index in [9.17, 15) is 4.79 Å². The van der Waals surface area contributed by atoms with Crippen LogP contribution in [0.1, 0.15) is 25.8 Å². The van der Waals surface area contributed by atoms with Gasteiger partial charge in [0.05, 0.1) is 6.54 Å². The molecule has 0 aliphatic rings. The van der Waals surface area contributed by atoms with E-state index in [2.05, 4.69) is 24.5 Å². The lowest BCUT2D eigenvalue weighted by Gasteiger charge is -2.23. The van der Waals surface area contributed by atoms with E-state index in [1.165, 1.54) is 0 Å². The first kappa shape index (κ1) is 15.7. The van der Waals surface area contributed by atoms with Crippen LogP contribution in [0.5, 0.6) is 0 Å². The first-order valence-corrected chi connectivity index (χ1v) is 6.66. The third-order valence-corrected chi connectivity index (χ3v) is 3.01. The molecule has 0 aliphatic heterocycles. The van der Waals surface area contributed by atoms with Gasteiger partial charge in [-0.15, -0.1) is 0 Å². The summed E-state index contributed by atoms with van der Waals surface area (Å²) >= 11 is 0. The fourth-order valence-electron chi connectivity index (χ4n) is 1.76. The highest BCUT2D eigenvalue weighted by molar-refractivity contribution is 5.77. The van der Waals surface area contributed by atoms with E-state index in [1.54, 1.807) is 0 Å². The molecule has 19 heavy (non-hydrogen) atoms. The largest absolute Gasteiger partial charge is 0.396 e. The Balaban J connectivity index is 2.18. The summed E-state index contributed by atoms with van der Waals surface area (Å²) in [6, 6.07) is 9.83. The highest BCUT2D eigenvalue weighted by atomic mass is 16.3. The predicted octanol–water partition coefficient (Wildman–Crippen LogP) is 1.30. The zero-order valence-corrected chi connectivity index (χ0v) is 11.8. The minimum Gasteiger partial charge on any atom is -0.396 e. The standard InChI is InChI=1S/C15H24N2O2/c1-15(2,8-9-18)12-16-11-14(19)17-10-13-6-4-3-5-7-13/h3-7,16,18H,8-12H2,1-2H3,(H,17,19). The summed E-state index contributed by atoms with van der Waals surface area (Å²) in [4.78, 5) is 11.6. The smallest absolute Gasteiger partial charge is 0.234 e. The van der Waals surface area contributed by atoms with Crippen LogP contribution in [0.4, 0.5) is 0 Å². The average molecular weight is 264 g/mol. The predicted molar refractivity (Wildman–Crippen MR) is 76.6 cm³/mol. The quantitative estimate of drug-likeness (QED) is 0.663. The number of rotatable bonds is 8. The Bertz CT molecular complexity index is 377. The van der Waals surface area contributed by atoms with Gasteiger partial charge in [0.2, 0.25) is 5.91 Å². The summed E-state index contributed by atoms with van der Waals surface area (Å²) in [7, 11) is 0. The third-order valence-electron chi connectivity index (χ3n) is 3.01. The van der Waals surface area contributed by atoms with Crippen LogP contribution < -0.4 is 10.6 Å². The maximum absolute atomic E-state index is 11.6. The molecule has 0 unspecified atom stereocenters. The number of amides is 1. The van der Waals surface area contributed by atoms with Gasteiger partial charge in [0.1, 0.15) is 0 Å². The van der Waals surface area contributed by atoms with Gasteiger partial charge in [-0.1, -0.05) is 44.2 Å². The van der Waals surface area contributed by atoms with Gasteiger partial charge >= 0.3 is 0 Å². The molecule has 1 aromatic carbocycles. The first-order valence-electron chi connectivity index (χ1n) is 6.66. The van der Waals surface area contributed by atoms with Crippen LogP contribution in [-0.4, -0.2) is 30.7 Å². The number of carbonyl (C=O) groups excluding carboxylic acids is 1. The van der Waals surface area contributed by atoms with Crippen LogP contribution in [0.2, 0.25) is 0 Å².